The third-order valence-corrected chi connectivity index (χ3v) is 3.60. The predicted molar refractivity (Wildman–Crippen MR) is 84.7 cm³/mol. The molecule has 0 heterocycles. The van der Waals surface area contributed by atoms with E-state index in [-0.39, 0.29) is 11.6 Å². The molecule has 0 spiro atoms. The SMILES string of the molecule is CCNCc1cccc(F)c1Oc1ccc(Cl)c(CC)c1. The monoisotopic (exact) mass is 307 g/mol. The minimum absolute atomic E-state index is 0.267. The quantitative estimate of drug-likeness (QED) is 0.816. The molecule has 0 fully saturated rings. The van der Waals surface area contributed by atoms with E-state index in [9.17, 15) is 4.39 Å². The molecule has 0 unspecified atom stereocenters. The second-order valence-corrected chi connectivity index (χ2v) is 5.12. The van der Waals surface area contributed by atoms with Gasteiger partial charge in [-0.1, -0.05) is 37.6 Å². The van der Waals surface area contributed by atoms with Gasteiger partial charge < -0.3 is 10.1 Å². The standard InChI is InChI=1S/C17H19ClFNO/c1-3-12-10-14(8-9-15(12)18)21-17-13(11-20-4-2)6-5-7-16(17)19/h5-10,20H,3-4,11H2,1-2H3. The Balaban J connectivity index is 2.30. The number of ether oxygens (including phenoxy) is 1. The van der Waals surface area contributed by atoms with Crippen molar-refractivity contribution in [2.45, 2.75) is 26.8 Å². The lowest BCUT2D eigenvalue weighted by atomic mass is 10.1. The molecule has 2 rings (SSSR count). The Kier molecular flexibility index (Phi) is 5.59. The molecule has 0 saturated carbocycles. The molecule has 0 aliphatic heterocycles. The summed E-state index contributed by atoms with van der Waals surface area (Å²) in [5.41, 5.74) is 1.78. The van der Waals surface area contributed by atoms with Crippen molar-refractivity contribution in [1.29, 1.82) is 0 Å². The van der Waals surface area contributed by atoms with Crippen LogP contribution in [0.5, 0.6) is 11.5 Å². The molecular weight excluding hydrogens is 289 g/mol. The molecule has 2 aromatic carbocycles. The maximum Gasteiger partial charge on any atom is 0.167 e. The van der Waals surface area contributed by atoms with Crippen molar-refractivity contribution in [3.63, 3.8) is 0 Å². The van der Waals surface area contributed by atoms with Gasteiger partial charge in [-0.2, -0.15) is 0 Å². The van der Waals surface area contributed by atoms with Crippen LogP contribution in [-0.2, 0) is 13.0 Å². The van der Waals surface area contributed by atoms with Gasteiger partial charge in [0.05, 0.1) is 0 Å². The zero-order valence-corrected chi connectivity index (χ0v) is 13.0. The third kappa shape index (κ3) is 3.96. The van der Waals surface area contributed by atoms with Gasteiger partial charge in [0.1, 0.15) is 5.75 Å². The summed E-state index contributed by atoms with van der Waals surface area (Å²) in [6.45, 7) is 5.41. The lowest BCUT2D eigenvalue weighted by Gasteiger charge is -2.13. The zero-order chi connectivity index (χ0) is 15.2. The van der Waals surface area contributed by atoms with Gasteiger partial charge in [-0.05, 0) is 42.8 Å². The number of para-hydroxylation sites is 1. The van der Waals surface area contributed by atoms with Gasteiger partial charge in [-0.3, -0.25) is 0 Å². The number of halogens is 2. The van der Waals surface area contributed by atoms with Crippen molar-refractivity contribution in [1.82, 2.24) is 5.32 Å². The third-order valence-electron chi connectivity index (χ3n) is 3.23. The maximum absolute atomic E-state index is 14.0. The highest BCUT2D eigenvalue weighted by atomic mass is 35.5. The molecule has 0 aliphatic rings. The Morgan fingerprint density at radius 1 is 1.14 bits per heavy atom. The largest absolute Gasteiger partial charge is 0.454 e. The molecule has 2 aromatic rings. The number of rotatable bonds is 6. The Morgan fingerprint density at radius 2 is 1.95 bits per heavy atom. The first-order valence-electron chi connectivity index (χ1n) is 7.10. The number of benzene rings is 2. The van der Waals surface area contributed by atoms with E-state index < -0.39 is 0 Å². The predicted octanol–water partition coefficient (Wildman–Crippen LogP) is 4.94. The minimum Gasteiger partial charge on any atom is -0.454 e. The summed E-state index contributed by atoms with van der Waals surface area (Å²) in [7, 11) is 0. The summed E-state index contributed by atoms with van der Waals surface area (Å²) in [5.74, 6) is 0.500. The number of nitrogens with one attached hydrogen (secondary N) is 1. The summed E-state index contributed by atoms with van der Waals surface area (Å²) in [4.78, 5) is 0. The molecule has 1 N–H and O–H groups in total. The van der Waals surface area contributed by atoms with Gasteiger partial charge >= 0.3 is 0 Å². The molecule has 112 valence electrons. The van der Waals surface area contributed by atoms with E-state index in [1.54, 1.807) is 18.2 Å². The first-order chi connectivity index (χ1) is 10.2. The smallest absolute Gasteiger partial charge is 0.167 e. The summed E-state index contributed by atoms with van der Waals surface area (Å²) in [6, 6.07) is 10.3. The molecule has 21 heavy (non-hydrogen) atoms. The van der Waals surface area contributed by atoms with E-state index in [0.717, 1.165) is 24.1 Å². The first kappa shape index (κ1) is 15.8. The summed E-state index contributed by atoms with van der Waals surface area (Å²) in [5, 5.41) is 3.88. The van der Waals surface area contributed by atoms with Crippen LogP contribution >= 0.6 is 11.6 Å². The Hall–Kier alpha value is -1.58. The molecule has 0 saturated heterocycles. The van der Waals surface area contributed by atoms with E-state index >= 15 is 0 Å². The van der Waals surface area contributed by atoms with Crippen LogP contribution in [0.25, 0.3) is 0 Å². The lowest BCUT2D eigenvalue weighted by molar-refractivity contribution is 0.433. The Labute approximate surface area is 129 Å². The average molecular weight is 308 g/mol. The van der Waals surface area contributed by atoms with E-state index in [0.29, 0.717) is 17.3 Å². The molecule has 0 atom stereocenters. The fraction of sp³-hybridized carbons (Fsp3) is 0.294. The normalized spacial score (nSPS) is 10.7. The number of hydrogen-bond acceptors (Lipinski definition) is 2. The second kappa shape index (κ2) is 7.43. The van der Waals surface area contributed by atoms with Crippen molar-refractivity contribution in [3.8, 4) is 11.5 Å². The van der Waals surface area contributed by atoms with Crippen LogP contribution in [-0.4, -0.2) is 6.54 Å². The second-order valence-electron chi connectivity index (χ2n) is 4.72. The summed E-state index contributed by atoms with van der Waals surface area (Å²) < 4.78 is 19.8. The number of aryl methyl sites for hydroxylation is 1. The van der Waals surface area contributed by atoms with E-state index in [2.05, 4.69) is 5.32 Å². The van der Waals surface area contributed by atoms with Gasteiger partial charge in [-0.25, -0.2) is 4.39 Å². The fourth-order valence-corrected chi connectivity index (χ4v) is 2.32. The van der Waals surface area contributed by atoms with E-state index in [1.807, 2.05) is 26.0 Å². The highest BCUT2D eigenvalue weighted by Crippen LogP contribution is 2.31. The molecule has 0 radical (unpaired) electrons. The zero-order valence-electron chi connectivity index (χ0n) is 12.2. The fourth-order valence-electron chi connectivity index (χ4n) is 2.07. The molecule has 0 aromatic heterocycles. The van der Waals surface area contributed by atoms with Crippen LogP contribution in [0.1, 0.15) is 25.0 Å². The van der Waals surface area contributed by atoms with Crippen LogP contribution < -0.4 is 10.1 Å². The van der Waals surface area contributed by atoms with Gasteiger partial charge in [0.25, 0.3) is 0 Å². The van der Waals surface area contributed by atoms with Crippen LogP contribution in [0.3, 0.4) is 0 Å². The van der Waals surface area contributed by atoms with Crippen LogP contribution in [0.15, 0.2) is 36.4 Å². The maximum atomic E-state index is 14.0. The van der Waals surface area contributed by atoms with Crippen LogP contribution in [0, 0.1) is 5.82 Å². The molecule has 4 heteroatoms. The topological polar surface area (TPSA) is 21.3 Å². The lowest BCUT2D eigenvalue weighted by Crippen LogP contribution is -2.12. The highest BCUT2D eigenvalue weighted by Gasteiger charge is 2.11. The van der Waals surface area contributed by atoms with Crippen molar-refractivity contribution < 1.29 is 9.13 Å². The molecule has 2 nitrogen and oxygen atoms in total. The van der Waals surface area contributed by atoms with Gasteiger partial charge in [0.2, 0.25) is 0 Å². The van der Waals surface area contributed by atoms with E-state index in [4.69, 9.17) is 16.3 Å². The molecule has 0 bridgehead atoms. The molecule has 0 amide bonds. The van der Waals surface area contributed by atoms with Gasteiger partial charge in [-0.15, -0.1) is 0 Å². The Morgan fingerprint density at radius 3 is 2.67 bits per heavy atom. The van der Waals surface area contributed by atoms with Gasteiger partial charge in [0, 0.05) is 17.1 Å². The minimum atomic E-state index is -0.363. The molecule has 0 aliphatic carbocycles. The van der Waals surface area contributed by atoms with E-state index in [1.165, 1.54) is 6.07 Å². The van der Waals surface area contributed by atoms with Crippen molar-refractivity contribution >= 4 is 11.6 Å². The average Bonchev–Trinajstić information content (AvgIpc) is 2.49. The Bertz CT molecular complexity index is 616. The van der Waals surface area contributed by atoms with Crippen molar-refractivity contribution in [2.24, 2.45) is 0 Å². The first-order valence-corrected chi connectivity index (χ1v) is 7.47. The highest BCUT2D eigenvalue weighted by molar-refractivity contribution is 6.31. The molecular formula is C17H19ClFNO. The van der Waals surface area contributed by atoms with Crippen molar-refractivity contribution in [2.75, 3.05) is 6.54 Å². The van der Waals surface area contributed by atoms with Crippen molar-refractivity contribution in [3.05, 3.63) is 58.4 Å². The van der Waals surface area contributed by atoms with Crippen LogP contribution in [0.4, 0.5) is 4.39 Å². The number of hydrogen-bond donors (Lipinski definition) is 1. The summed E-state index contributed by atoms with van der Waals surface area (Å²) >= 11 is 6.09. The van der Waals surface area contributed by atoms with Crippen LogP contribution in [0.2, 0.25) is 5.02 Å². The van der Waals surface area contributed by atoms with Gasteiger partial charge in [0.15, 0.2) is 11.6 Å². The summed E-state index contributed by atoms with van der Waals surface area (Å²) in [6.07, 6.45) is 0.803.